The monoisotopic (exact) mass is 1010 g/mol. The average Bonchev–Trinajstić information content (AvgIpc) is 3.38. The van der Waals surface area contributed by atoms with E-state index in [1.165, 1.54) is 225 Å². The van der Waals surface area contributed by atoms with Gasteiger partial charge in [0, 0.05) is 19.3 Å². The minimum absolute atomic E-state index is 0.0719. The van der Waals surface area contributed by atoms with Crippen LogP contribution in [0.5, 0.6) is 0 Å². The van der Waals surface area contributed by atoms with Gasteiger partial charge in [-0.25, -0.2) is 0 Å². The van der Waals surface area contributed by atoms with Crippen molar-refractivity contribution < 1.29 is 28.6 Å². The molecule has 0 rings (SSSR count). The molecule has 0 aromatic heterocycles. The van der Waals surface area contributed by atoms with Crippen molar-refractivity contribution in [2.75, 3.05) is 13.2 Å². The van der Waals surface area contributed by atoms with Crippen LogP contribution in [0.25, 0.3) is 0 Å². The molecule has 1 unspecified atom stereocenters. The molecule has 0 saturated carbocycles. The number of ether oxygens (including phenoxy) is 3. The van der Waals surface area contributed by atoms with E-state index < -0.39 is 6.10 Å². The molecule has 0 saturated heterocycles. The van der Waals surface area contributed by atoms with Crippen LogP contribution in [0.3, 0.4) is 0 Å². The van der Waals surface area contributed by atoms with Crippen LogP contribution in [0.15, 0.2) is 48.6 Å². The maximum absolute atomic E-state index is 12.8. The van der Waals surface area contributed by atoms with Gasteiger partial charge in [-0.3, -0.25) is 14.4 Å². The molecule has 0 aliphatic heterocycles. The Bertz CT molecular complexity index is 1250. The summed E-state index contributed by atoms with van der Waals surface area (Å²) in [4.78, 5) is 38.0. The summed E-state index contributed by atoms with van der Waals surface area (Å²) in [6, 6.07) is 0. The van der Waals surface area contributed by atoms with Crippen LogP contribution in [0.4, 0.5) is 0 Å². The number of esters is 3. The van der Waals surface area contributed by atoms with Gasteiger partial charge in [-0.05, 0) is 83.5 Å². The lowest BCUT2D eigenvalue weighted by molar-refractivity contribution is -0.167. The van der Waals surface area contributed by atoms with E-state index in [-0.39, 0.29) is 31.1 Å². The van der Waals surface area contributed by atoms with Crippen LogP contribution in [0.1, 0.15) is 335 Å². The van der Waals surface area contributed by atoms with Gasteiger partial charge in [-0.2, -0.15) is 0 Å². The predicted molar refractivity (Wildman–Crippen MR) is 312 cm³/mol. The second-order valence-electron chi connectivity index (χ2n) is 21.3. The van der Waals surface area contributed by atoms with Gasteiger partial charge in [0.2, 0.25) is 0 Å². The minimum Gasteiger partial charge on any atom is -0.462 e. The highest BCUT2D eigenvalue weighted by Crippen LogP contribution is 2.17. The fourth-order valence-corrected chi connectivity index (χ4v) is 9.27. The Morgan fingerprint density at radius 2 is 0.500 bits per heavy atom. The summed E-state index contributed by atoms with van der Waals surface area (Å²) in [5.74, 6) is -0.867. The highest BCUT2D eigenvalue weighted by atomic mass is 16.6. The molecule has 0 spiro atoms. The first kappa shape index (κ1) is 69.4. The predicted octanol–water partition coefficient (Wildman–Crippen LogP) is 21.4. The molecular formula is C66H120O6. The number of rotatable bonds is 58. The van der Waals surface area contributed by atoms with E-state index in [2.05, 4.69) is 69.4 Å². The van der Waals surface area contributed by atoms with Crippen LogP contribution in [0, 0.1) is 0 Å². The van der Waals surface area contributed by atoms with Gasteiger partial charge in [0.1, 0.15) is 13.2 Å². The van der Waals surface area contributed by atoms with E-state index in [0.717, 1.165) is 70.6 Å². The van der Waals surface area contributed by atoms with Gasteiger partial charge in [0.25, 0.3) is 0 Å². The van der Waals surface area contributed by atoms with Crippen molar-refractivity contribution in [2.24, 2.45) is 0 Å². The van der Waals surface area contributed by atoms with E-state index in [4.69, 9.17) is 14.2 Å². The van der Waals surface area contributed by atoms with E-state index in [9.17, 15) is 14.4 Å². The van der Waals surface area contributed by atoms with Crippen molar-refractivity contribution in [3.05, 3.63) is 48.6 Å². The Hall–Kier alpha value is -2.63. The molecule has 6 nitrogen and oxygen atoms in total. The fourth-order valence-electron chi connectivity index (χ4n) is 9.27. The van der Waals surface area contributed by atoms with E-state index in [1.807, 2.05) is 0 Å². The summed E-state index contributed by atoms with van der Waals surface area (Å²) in [6.45, 7) is 6.62. The summed E-state index contributed by atoms with van der Waals surface area (Å²) >= 11 is 0. The van der Waals surface area contributed by atoms with Crippen molar-refractivity contribution in [3.8, 4) is 0 Å². The second kappa shape index (κ2) is 60.9. The SMILES string of the molecule is CCCCCCC/C=C\C/C=C\C/C=C\CCCCCCCCCCCCCCCCC(=O)OCC(COC(=O)CCCCCCCCC)OC(=O)CCCCCCCCC/C=C\CCCCCCCCC. The molecule has 72 heavy (non-hydrogen) atoms. The van der Waals surface area contributed by atoms with Crippen LogP contribution in [-0.2, 0) is 28.6 Å². The third-order valence-electron chi connectivity index (χ3n) is 14.1. The standard InChI is InChI=1S/C66H120O6/c1-4-7-10-13-16-18-20-22-24-26-28-29-30-31-32-33-34-35-36-37-38-40-41-43-45-47-50-53-56-59-65(68)71-62-63(61-70-64(67)58-55-52-49-15-12-9-6-3)72-66(69)60-57-54-51-48-46-44-42-39-27-25-23-21-19-17-14-11-8-5-2/h20,22,25-28,30-31,63H,4-19,21,23-24,29,32-62H2,1-3H3/b22-20-,27-25-,28-26-,31-30-. The Kier molecular flexibility index (Phi) is 58.7. The number of allylic oxidation sites excluding steroid dienone is 8. The van der Waals surface area contributed by atoms with E-state index in [0.29, 0.717) is 19.3 Å². The first-order chi connectivity index (χ1) is 35.5. The number of hydrogen-bond donors (Lipinski definition) is 0. The summed E-state index contributed by atoms with van der Waals surface area (Å²) < 4.78 is 16.8. The molecule has 0 amide bonds. The van der Waals surface area contributed by atoms with Gasteiger partial charge in [-0.1, -0.05) is 281 Å². The molecule has 1 atom stereocenters. The van der Waals surface area contributed by atoms with Crippen molar-refractivity contribution in [1.82, 2.24) is 0 Å². The number of hydrogen-bond acceptors (Lipinski definition) is 6. The van der Waals surface area contributed by atoms with Crippen molar-refractivity contribution >= 4 is 17.9 Å². The summed E-state index contributed by atoms with van der Waals surface area (Å²) in [5.41, 5.74) is 0. The molecule has 0 aromatic rings. The Balaban J connectivity index is 4.07. The highest BCUT2D eigenvalue weighted by Gasteiger charge is 2.19. The van der Waals surface area contributed by atoms with Crippen LogP contribution in [0.2, 0.25) is 0 Å². The van der Waals surface area contributed by atoms with Crippen LogP contribution >= 0.6 is 0 Å². The number of unbranched alkanes of at least 4 members (excludes halogenated alkanes) is 39. The molecule has 420 valence electrons. The maximum atomic E-state index is 12.8. The molecule has 0 N–H and O–H groups in total. The van der Waals surface area contributed by atoms with Crippen molar-refractivity contribution in [3.63, 3.8) is 0 Å². The van der Waals surface area contributed by atoms with Crippen molar-refractivity contribution in [1.29, 1.82) is 0 Å². The zero-order valence-corrected chi connectivity index (χ0v) is 48.2. The molecule has 6 heteroatoms. The Morgan fingerprint density at radius 3 is 0.792 bits per heavy atom. The lowest BCUT2D eigenvalue weighted by Crippen LogP contribution is -2.30. The van der Waals surface area contributed by atoms with E-state index in [1.54, 1.807) is 0 Å². The molecule has 0 fully saturated rings. The second-order valence-corrected chi connectivity index (χ2v) is 21.3. The lowest BCUT2D eigenvalue weighted by atomic mass is 10.0. The summed E-state index contributed by atoms with van der Waals surface area (Å²) in [7, 11) is 0. The molecule has 0 bridgehead atoms. The molecule has 0 aromatic carbocycles. The molecule has 0 aliphatic carbocycles. The zero-order chi connectivity index (χ0) is 52.2. The fraction of sp³-hybridized carbons (Fsp3) is 0.833. The van der Waals surface area contributed by atoms with Gasteiger partial charge in [-0.15, -0.1) is 0 Å². The number of carbonyl (C=O) groups is 3. The van der Waals surface area contributed by atoms with Gasteiger partial charge >= 0.3 is 17.9 Å². The van der Waals surface area contributed by atoms with Crippen molar-refractivity contribution in [2.45, 2.75) is 341 Å². The van der Waals surface area contributed by atoms with Gasteiger partial charge in [0.05, 0.1) is 0 Å². The largest absolute Gasteiger partial charge is 0.462 e. The summed E-state index contributed by atoms with van der Waals surface area (Å²) in [5, 5.41) is 0. The van der Waals surface area contributed by atoms with Gasteiger partial charge < -0.3 is 14.2 Å². The lowest BCUT2D eigenvalue weighted by Gasteiger charge is -2.18. The topological polar surface area (TPSA) is 78.9 Å². The molecule has 0 heterocycles. The first-order valence-corrected chi connectivity index (χ1v) is 31.6. The Morgan fingerprint density at radius 1 is 0.278 bits per heavy atom. The smallest absolute Gasteiger partial charge is 0.306 e. The normalized spacial score (nSPS) is 12.3. The quantitative estimate of drug-likeness (QED) is 0.0261. The zero-order valence-electron chi connectivity index (χ0n) is 48.2. The van der Waals surface area contributed by atoms with Gasteiger partial charge in [0.15, 0.2) is 6.10 Å². The van der Waals surface area contributed by atoms with Crippen LogP contribution < -0.4 is 0 Å². The number of carbonyl (C=O) groups excluding carboxylic acids is 3. The third kappa shape index (κ3) is 58.3. The van der Waals surface area contributed by atoms with E-state index >= 15 is 0 Å². The minimum atomic E-state index is -0.771. The first-order valence-electron chi connectivity index (χ1n) is 31.6. The molecule has 0 radical (unpaired) electrons. The third-order valence-corrected chi connectivity index (χ3v) is 14.1. The Labute approximate surface area is 448 Å². The molecular weight excluding hydrogens is 889 g/mol. The van der Waals surface area contributed by atoms with Crippen LogP contribution in [-0.4, -0.2) is 37.2 Å². The average molecular weight is 1010 g/mol. The summed E-state index contributed by atoms with van der Waals surface area (Å²) in [6.07, 6.45) is 75.7. The highest BCUT2D eigenvalue weighted by molar-refractivity contribution is 5.71. The maximum Gasteiger partial charge on any atom is 0.306 e. The molecule has 0 aliphatic rings.